The summed E-state index contributed by atoms with van der Waals surface area (Å²) in [5.41, 5.74) is 3.24. The molecule has 0 radical (unpaired) electrons. The molecule has 0 N–H and O–H groups in total. The van der Waals surface area contributed by atoms with Gasteiger partial charge in [-0.1, -0.05) is 30.3 Å². The number of tetrazole rings is 1. The average molecular weight is 379 g/mol. The van der Waals surface area contributed by atoms with Crippen LogP contribution in [0.2, 0.25) is 0 Å². The number of methoxy groups -OCH3 is 2. The van der Waals surface area contributed by atoms with Crippen LogP contribution in [0.15, 0.2) is 48.8 Å². The van der Waals surface area contributed by atoms with E-state index in [1.54, 1.807) is 14.2 Å². The number of rotatable bonds is 5. The van der Waals surface area contributed by atoms with Crippen LogP contribution in [-0.4, -0.2) is 51.8 Å². The van der Waals surface area contributed by atoms with Gasteiger partial charge >= 0.3 is 0 Å². The van der Waals surface area contributed by atoms with Crippen LogP contribution in [0, 0.1) is 0 Å². The van der Waals surface area contributed by atoms with Gasteiger partial charge in [-0.3, -0.25) is 4.79 Å². The SMILES string of the molecule is COc1cc2c(cc1OC)[C@@H](c1ccccc1)N(C(=O)Cn1cnnn1)CC2. The van der Waals surface area contributed by atoms with E-state index in [1.165, 1.54) is 11.0 Å². The van der Waals surface area contributed by atoms with Crippen molar-refractivity contribution in [2.24, 2.45) is 0 Å². The van der Waals surface area contributed by atoms with Crippen LogP contribution >= 0.6 is 0 Å². The van der Waals surface area contributed by atoms with Crippen molar-refractivity contribution in [2.75, 3.05) is 20.8 Å². The highest BCUT2D eigenvalue weighted by Gasteiger charge is 2.33. The third kappa shape index (κ3) is 3.28. The lowest BCUT2D eigenvalue weighted by Gasteiger charge is -2.38. The number of amides is 1. The Kier molecular flexibility index (Phi) is 4.92. The summed E-state index contributed by atoms with van der Waals surface area (Å²) < 4.78 is 12.4. The first-order valence-corrected chi connectivity index (χ1v) is 9.01. The summed E-state index contributed by atoms with van der Waals surface area (Å²) in [6.07, 6.45) is 2.18. The molecule has 0 unspecified atom stereocenters. The lowest BCUT2D eigenvalue weighted by molar-refractivity contribution is -0.134. The molecule has 0 bridgehead atoms. The van der Waals surface area contributed by atoms with Crippen molar-refractivity contribution in [2.45, 2.75) is 19.0 Å². The Morgan fingerprint density at radius 2 is 1.89 bits per heavy atom. The summed E-state index contributed by atoms with van der Waals surface area (Å²) in [5, 5.41) is 11.0. The number of fused-ring (bicyclic) bond motifs is 1. The van der Waals surface area contributed by atoms with Crippen LogP contribution in [0.5, 0.6) is 11.5 Å². The third-order valence-corrected chi connectivity index (χ3v) is 5.00. The molecule has 2 heterocycles. The molecule has 1 aliphatic heterocycles. The fourth-order valence-corrected chi connectivity index (χ4v) is 3.69. The highest BCUT2D eigenvalue weighted by atomic mass is 16.5. The molecule has 0 spiro atoms. The largest absolute Gasteiger partial charge is 0.493 e. The molecule has 8 heteroatoms. The summed E-state index contributed by atoms with van der Waals surface area (Å²) in [6.45, 7) is 0.696. The van der Waals surface area contributed by atoms with E-state index in [4.69, 9.17) is 9.47 Å². The average Bonchev–Trinajstić information content (AvgIpc) is 3.25. The van der Waals surface area contributed by atoms with Crippen molar-refractivity contribution in [1.29, 1.82) is 0 Å². The van der Waals surface area contributed by atoms with Gasteiger partial charge in [-0.05, 0) is 45.7 Å². The van der Waals surface area contributed by atoms with Gasteiger partial charge in [0.05, 0.1) is 20.3 Å². The number of benzene rings is 2. The Morgan fingerprint density at radius 3 is 2.57 bits per heavy atom. The second kappa shape index (κ2) is 7.67. The summed E-state index contributed by atoms with van der Waals surface area (Å²) in [6, 6.07) is 13.8. The van der Waals surface area contributed by atoms with Crippen LogP contribution in [0.25, 0.3) is 0 Å². The molecule has 144 valence electrons. The van der Waals surface area contributed by atoms with Crippen molar-refractivity contribution in [1.82, 2.24) is 25.1 Å². The maximum absolute atomic E-state index is 13.1. The molecule has 2 aromatic carbocycles. The van der Waals surface area contributed by atoms with Gasteiger partial charge in [0.15, 0.2) is 11.5 Å². The highest BCUT2D eigenvalue weighted by molar-refractivity contribution is 5.77. The molecule has 4 rings (SSSR count). The topological polar surface area (TPSA) is 82.4 Å². The third-order valence-electron chi connectivity index (χ3n) is 5.00. The van der Waals surface area contributed by atoms with Gasteiger partial charge in [0.2, 0.25) is 5.91 Å². The maximum Gasteiger partial charge on any atom is 0.245 e. The number of hydrogen-bond acceptors (Lipinski definition) is 6. The molecule has 0 saturated carbocycles. The van der Waals surface area contributed by atoms with Gasteiger partial charge in [-0.15, -0.1) is 5.10 Å². The molecular formula is C20H21N5O3. The molecule has 0 aliphatic carbocycles. The quantitative estimate of drug-likeness (QED) is 0.673. The molecule has 0 saturated heterocycles. The zero-order valence-corrected chi connectivity index (χ0v) is 15.8. The van der Waals surface area contributed by atoms with Gasteiger partial charge in [-0.2, -0.15) is 0 Å². The van der Waals surface area contributed by atoms with E-state index < -0.39 is 0 Å². The Morgan fingerprint density at radius 1 is 1.14 bits per heavy atom. The standard InChI is InChI=1S/C20H21N5O3/c1-27-17-10-15-8-9-25(19(26)12-24-13-21-22-23-24)20(14-6-4-3-5-7-14)16(15)11-18(17)28-2/h3-7,10-11,13,20H,8-9,12H2,1-2H3/t20-/m1/s1. The fraction of sp³-hybridized carbons (Fsp3) is 0.300. The van der Waals surface area contributed by atoms with E-state index in [0.29, 0.717) is 18.0 Å². The summed E-state index contributed by atoms with van der Waals surface area (Å²) in [4.78, 5) is 15.0. The molecule has 0 fully saturated rings. The first-order chi connectivity index (χ1) is 13.7. The van der Waals surface area contributed by atoms with Crippen LogP contribution in [0.3, 0.4) is 0 Å². The minimum Gasteiger partial charge on any atom is -0.493 e. The smallest absolute Gasteiger partial charge is 0.245 e. The molecule has 3 aromatic rings. The Hall–Kier alpha value is -3.42. The van der Waals surface area contributed by atoms with Gasteiger partial charge in [-0.25, -0.2) is 4.68 Å². The zero-order valence-electron chi connectivity index (χ0n) is 15.8. The van der Waals surface area contributed by atoms with Crippen molar-refractivity contribution >= 4 is 5.91 Å². The van der Waals surface area contributed by atoms with E-state index in [1.807, 2.05) is 47.4 Å². The Balaban J connectivity index is 1.77. The normalized spacial score (nSPS) is 15.8. The summed E-state index contributed by atoms with van der Waals surface area (Å²) >= 11 is 0. The van der Waals surface area contributed by atoms with Gasteiger partial charge in [0.1, 0.15) is 12.9 Å². The van der Waals surface area contributed by atoms with E-state index in [2.05, 4.69) is 15.5 Å². The molecule has 1 aromatic heterocycles. The highest BCUT2D eigenvalue weighted by Crippen LogP contribution is 2.41. The minimum atomic E-state index is -0.214. The minimum absolute atomic E-state index is 0.0402. The Labute approximate surface area is 162 Å². The van der Waals surface area contributed by atoms with Gasteiger partial charge < -0.3 is 14.4 Å². The van der Waals surface area contributed by atoms with Gasteiger partial charge in [0.25, 0.3) is 0 Å². The van der Waals surface area contributed by atoms with E-state index in [0.717, 1.165) is 23.1 Å². The zero-order chi connectivity index (χ0) is 19.5. The van der Waals surface area contributed by atoms with Crippen molar-refractivity contribution in [3.63, 3.8) is 0 Å². The van der Waals surface area contributed by atoms with Gasteiger partial charge in [0, 0.05) is 6.54 Å². The molecule has 1 atom stereocenters. The molecule has 1 aliphatic rings. The van der Waals surface area contributed by atoms with Crippen molar-refractivity contribution in [3.05, 3.63) is 65.5 Å². The number of carbonyl (C=O) groups excluding carboxylic acids is 1. The number of carbonyl (C=O) groups is 1. The van der Waals surface area contributed by atoms with Crippen molar-refractivity contribution < 1.29 is 14.3 Å². The van der Waals surface area contributed by atoms with Crippen LogP contribution in [0.1, 0.15) is 22.7 Å². The first-order valence-electron chi connectivity index (χ1n) is 9.01. The van der Waals surface area contributed by atoms with E-state index in [-0.39, 0.29) is 18.5 Å². The second-order valence-electron chi connectivity index (χ2n) is 6.56. The molecule has 8 nitrogen and oxygen atoms in total. The second-order valence-corrected chi connectivity index (χ2v) is 6.56. The number of hydrogen-bond donors (Lipinski definition) is 0. The number of ether oxygens (including phenoxy) is 2. The predicted octanol–water partition coefficient (Wildman–Crippen LogP) is 1.86. The monoisotopic (exact) mass is 379 g/mol. The lowest BCUT2D eigenvalue weighted by atomic mass is 9.87. The first kappa shape index (κ1) is 18.0. The molecule has 28 heavy (non-hydrogen) atoms. The Bertz CT molecular complexity index is 959. The predicted molar refractivity (Wildman–Crippen MR) is 101 cm³/mol. The summed E-state index contributed by atoms with van der Waals surface area (Å²) in [7, 11) is 3.25. The fourth-order valence-electron chi connectivity index (χ4n) is 3.69. The van der Waals surface area contributed by atoms with E-state index >= 15 is 0 Å². The van der Waals surface area contributed by atoms with E-state index in [9.17, 15) is 4.79 Å². The van der Waals surface area contributed by atoms with Crippen LogP contribution < -0.4 is 9.47 Å². The van der Waals surface area contributed by atoms with Crippen LogP contribution in [-0.2, 0) is 17.8 Å². The van der Waals surface area contributed by atoms with Crippen molar-refractivity contribution in [3.8, 4) is 11.5 Å². The van der Waals surface area contributed by atoms with Crippen LogP contribution in [0.4, 0.5) is 0 Å². The lowest BCUT2D eigenvalue weighted by Crippen LogP contribution is -2.42. The molecular weight excluding hydrogens is 358 g/mol. The number of nitrogens with zero attached hydrogens (tertiary/aromatic N) is 5. The number of aromatic nitrogens is 4. The molecule has 1 amide bonds. The summed E-state index contributed by atoms with van der Waals surface area (Å²) in [5.74, 6) is 1.31. The maximum atomic E-state index is 13.1.